The first-order valence-electron chi connectivity index (χ1n) is 7.98. The third kappa shape index (κ3) is 5.51. The Labute approximate surface area is 132 Å². The Bertz CT molecular complexity index is 322. The van der Waals surface area contributed by atoms with Gasteiger partial charge in [0.15, 0.2) is 8.32 Å². The van der Waals surface area contributed by atoms with E-state index in [0.717, 1.165) is 0 Å². The minimum atomic E-state index is -1.95. The largest absolute Gasteiger partial charge is 0.413 e. The van der Waals surface area contributed by atoms with E-state index >= 15 is 0 Å². The zero-order valence-electron chi connectivity index (χ0n) is 15.2. The average molecular weight is 317 g/mol. The van der Waals surface area contributed by atoms with Crippen LogP contribution in [0, 0.1) is 17.8 Å². The molecule has 2 N–H and O–H groups in total. The van der Waals surface area contributed by atoms with Gasteiger partial charge in [0.05, 0.1) is 12.2 Å². The van der Waals surface area contributed by atoms with Crippen LogP contribution in [0.25, 0.3) is 0 Å². The Morgan fingerprint density at radius 1 is 1.19 bits per heavy atom. The Balaban J connectivity index is 5.27. The molecule has 0 fully saturated rings. The first-order chi connectivity index (χ1) is 9.39. The SMILES string of the molecule is C=C[C@H](C)[C@H](O)[C@@H](C)[C@H](O[Si](C)(C)C(C)(C)C)[C@@H](C)CO. The molecule has 0 aliphatic carbocycles. The number of hydrogen-bond donors (Lipinski definition) is 2. The molecule has 0 aromatic carbocycles. The average Bonchev–Trinajstić information content (AvgIpc) is 2.40. The lowest BCUT2D eigenvalue weighted by Crippen LogP contribution is -2.50. The van der Waals surface area contributed by atoms with E-state index in [4.69, 9.17) is 4.43 Å². The van der Waals surface area contributed by atoms with Crippen LogP contribution in [-0.2, 0) is 4.43 Å². The highest BCUT2D eigenvalue weighted by Gasteiger charge is 2.42. The van der Waals surface area contributed by atoms with Crippen molar-refractivity contribution in [3.63, 3.8) is 0 Å². The smallest absolute Gasteiger partial charge is 0.192 e. The van der Waals surface area contributed by atoms with Gasteiger partial charge < -0.3 is 14.6 Å². The van der Waals surface area contributed by atoms with E-state index in [0.29, 0.717) is 0 Å². The first-order valence-corrected chi connectivity index (χ1v) is 10.9. The van der Waals surface area contributed by atoms with Gasteiger partial charge in [-0.1, -0.05) is 47.6 Å². The van der Waals surface area contributed by atoms with Crippen LogP contribution in [0.3, 0.4) is 0 Å². The normalized spacial score (nSPS) is 20.5. The fourth-order valence-corrected chi connectivity index (χ4v) is 3.66. The lowest BCUT2D eigenvalue weighted by Gasteiger charge is -2.44. The van der Waals surface area contributed by atoms with Gasteiger partial charge in [0.2, 0.25) is 0 Å². The van der Waals surface area contributed by atoms with Crippen LogP contribution in [0.4, 0.5) is 0 Å². The highest BCUT2D eigenvalue weighted by atomic mass is 28.4. The van der Waals surface area contributed by atoms with Crippen molar-refractivity contribution in [1.29, 1.82) is 0 Å². The molecule has 0 heterocycles. The molecule has 0 bridgehead atoms. The van der Waals surface area contributed by atoms with Gasteiger partial charge in [0, 0.05) is 24.4 Å². The van der Waals surface area contributed by atoms with Gasteiger partial charge in [-0.05, 0) is 18.1 Å². The molecular weight excluding hydrogens is 280 g/mol. The predicted molar refractivity (Wildman–Crippen MR) is 92.9 cm³/mol. The topological polar surface area (TPSA) is 49.7 Å². The summed E-state index contributed by atoms with van der Waals surface area (Å²) in [6.07, 6.45) is 1.12. The first kappa shape index (κ1) is 20.8. The van der Waals surface area contributed by atoms with Gasteiger partial charge in [-0.15, -0.1) is 6.58 Å². The van der Waals surface area contributed by atoms with Crippen molar-refractivity contribution >= 4 is 8.32 Å². The Kier molecular flexibility index (Phi) is 7.85. The van der Waals surface area contributed by atoms with Crippen molar-refractivity contribution < 1.29 is 14.6 Å². The van der Waals surface area contributed by atoms with Crippen LogP contribution in [-0.4, -0.2) is 37.3 Å². The molecule has 4 heteroatoms. The van der Waals surface area contributed by atoms with Crippen LogP contribution in [0.2, 0.25) is 18.1 Å². The summed E-state index contributed by atoms with van der Waals surface area (Å²) in [7, 11) is -1.95. The summed E-state index contributed by atoms with van der Waals surface area (Å²) in [6, 6.07) is 0. The minimum Gasteiger partial charge on any atom is -0.413 e. The van der Waals surface area contributed by atoms with E-state index in [1.54, 1.807) is 6.08 Å². The third-order valence-electron chi connectivity index (χ3n) is 5.05. The fraction of sp³-hybridized carbons (Fsp3) is 0.882. The van der Waals surface area contributed by atoms with Crippen molar-refractivity contribution in [2.24, 2.45) is 17.8 Å². The number of aliphatic hydroxyl groups is 2. The maximum Gasteiger partial charge on any atom is 0.192 e. The quantitative estimate of drug-likeness (QED) is 0.528. The molecule has 3 nitrogen and oxygen atoms in total. The van der Waals surface area contributed by atoms with E-state index in [2.05, 4.69) is 40.4 Å². The molecular formula is C17H36O3Si. The fourth-order valence-electron chi connectivity index (χ4n) is 2.18. The van der Waals surface area contributed by atoms with Crippen LogP contribution < -0.4 is 0 Å². The van der Waals surface area contributed by atoms with Gasteiger partial charge in [0.25, 0.3) is 0 Å². The van der Waals surface area contributed by atoms with Crippen LogP contribution in [0.5, 0.6) is 0 Å². The molecule has 21 heavy (non-hydrogen) atoms. The van der Waals surface area contributed by atoms with E-state index in [-0.39, 0.29) is 35.5 Å². The monoisotopic (exact) mass is 316 g/mol. The maximum absolute atomic E-state index is 10.5. The Hall–Kier alpha value is -0.163. The Morgan fingerprint density at radius 3 is 2.00 bits per heavy atom. The maximum atomic E-state index is 10.5. The summed E-state index contributed by atoms with van der Waals surface area (Å²) in [6.45, 7) is 20.8. The summed E-state index contributed by atoms with van der Waals surface area (Å²) in [5, 5.41) is 20.2. The lowest BCUT2D eigenvalue weighted by atomic mass is 9.84. The zero-order valence-corrected chi connectivity index (χ0v) is 16.2. The lowest BCUT2D eigenvalue weighted by molar-refractivity contribution is -0.0243. The molecule has 5 atom stereocenters. The van der Waals surface area contributed by atoms with Gasteiger partial charge in [0.1, 0.15) is 0 Å². The number of aliphatic hydroxyl groups excluding tert-OH is 2. The molecule has 0 aromatic heterocycles. The van der Waals surface area contributed by atoms with Crippen molar-refractivity contribution in [3.05, 3.63) is 12.7 Å². The number of hydrogen-bond acceptors (Lipinski definition) is 3. The zero-order chi connectivity index (χ0) is 17.0. The highest BCUT2D eigenvalue weighted by molar-refractivity contribution is 6.74. The molecule has 0 amide bonds. The second-order valence-electron chi connectivity index (χ2n) is 7.95. The van der Waals surface area contributed by atoms with E-state index in [1.807, 2.05) is 20.8 Å². The second-order valence-corrected chi connectivity index (χ2v) is 12.7. The highest BCUT2D eigenvalue weighted by Crippen LogP contribution is 2.39. The summed E-state index contributed by atoms with van der Waals surface area (Å²) < 4.78 is 6.52. The molecule has 0 saturated carbocycles. The molecule has 0 aliphatic heterocycles. The van der Waals surface area contributed by atoms with Crippen molar-refractivity contribution in [2.45, 2.75) is 71.9 Å². The predicted octanol–water partition coefficient (Wildman–Crippen LogP) is 3.82. The van der Waals surface area contributed by atoms with Crippen LogP contribution >= 0.6 is 0 Å². The molecule has 0 unspecified atom stereocenters. The minimum absolute atomic E-state index is 0.000732. The van der Waals surface area contributed by atoms with Gasteiger partial charge in [-0.3, -0.25) is 0 Å². The van der Waals surface area contributed by atoms with Gasteiger partial charge in [-0.2, -0.15) is 0 Å². The summed E-state index contributed by atoms with van der Waals surface area (Å²) in [5.74, 6) is -0.0357. The van der Waals surface area contributed by atoms with E-state index in [9.17, 15) is 10.2 Å². The van der Waals surface area contributed by atoms with E-state index < -0.39 is 14.4 Å². The van der Waals surface area contributed by atoms with Gasteiger partial charge >= 0.3 is 0 Å². The summed E-state index contributed by atoms with van der Waals surface area (Å²) in [5.41, 5.74) is 0. The molecule has 0 rings (SSSR count). The van der Waals surface area contributed by atoms with Crippen molar-refractivity contribution in [3.8, 4) is 0 Å². The van der Waals surface area contributed by atoms with Crippen LogP contribution in [0.15, 0.2) is 12.7 Å². The molecule has 0 aliphatic rings. The van der Waals surface area contributed by atoms with Gasteiger partial charge in [-0.25, -0.2) is 0 Å². The van der Waals surface area contributed by atoms with Crippen LogP contribution in [0.1, 0.15) is 41.5 Å². The summed E-state index contributed by atoms with van der Waals surface area (Å²) in [4.78, 5) is 0. The summed E-state index contributed by atoms with van der Waals surface area (Å²) >= 11 is 0. The standard InChI is InChI=1S/C17H36O3Si/c1-10-12(2)15(19)14(4)16(13(3)11-18)20-21(8,9)17(5,6)7/h10,12-16,18-19H,1,11H2,2-9H3/t12-,13-,14+,15-,16+/m0/s1. The molecule has 0 aromatic rings. The number of rotatable bonds is 8. The molecule has 0 spiro atoms. The van der Waals surface area contributed by atoms with Crippen molar-refractivity contribution in [2.75, 3.05) is 6.61 Å². The Morgan fingerprint density at radius 2 is 1.67 bits per heavy atom. The second kappa shape index (κ2) is 7.91. The van der Waals surface area contributed by atoms with E-state index in [1.165, 1.54) is 0 Å². The third-order valence-corrected chi connectivity index (χ3v) is 9.53. The molecule has 0 saturated heterocycles. The molecule has 0 radical (unpaired) electrons. The molecule has 126 valence electrons. The van der Waals surface area contributed by atoms with Crippen molar-refractivity contribution in [1.82, 2.24) is 0 Å².